The first-order valence-electron chi connectivity index (χ1n) is 10.2. The highest BCUT2D eigenvalue weighted by Crippen LogP contribution is 2.22. The van der Waals surface area contributed by atoms with Gasteiger partial charge in [-0.1, -0.05) is 6.07 Å². The number of aryl methyl sites for hydroxylation is 1. The average Bonchev–Trinajstić information content (AvgIpc) is 3.28. The van der Waals surface area contributed by atoms with Gasteiger partial charge in [0.25, 0.3) is 0 Å². The molecule has 2 aliphatic rings. The van der Waals surface area contributed by atoms with Crippen molar-refractivity contribution in [1.29, 1.82) is 0 Å². The molecule has 2 saturated heterocycles. The van der Waals surface area contributed by atoms with E-state index >= 15 is 0 Å². The predicted molar refractivity (Wildman–Crippen MR) is 114 cm³/mol. The van der Waals surface area contributed by atoms with Gasteiger partial charge in [-0.25, -0.2) is 9.78 Å². The highest BCUT2D eigenvalue weighted by atomic mass is 16.5. The van der Waals surface area contributed by atoms with Gasteiger partial charge in [-0.3, -0.25) is 0 Å². The second-order valence-electron chi connectivity index (χ2n) is 7.50. The normalized spacial score (nSPS) is 16.8. The summed E-state index contributed by atoms with van der Waals surface area (Å²) in [6, 6.07) is 9.34. The molecule has 0 unspecified atom stereocenters. The average molecular weight is 396 g/mol. The number of urea groups is 1. The molecule has 2 amide bonds. The fourth-order valence-electron chi connectivity index (χ4n) is 3.80. The molecule has 0 atom stereocenters. The molecular formula is C21H28N6O2. The number of hydrogen-bond donors (Lipinski definition) is 1. The first-order chi connectivity index (χ1) is 14.1. The lowest BCUT2D eigenvalue weighted by molar-refractivity contribution is 0.208. The number of rotatable bonds is 4. The first-order valence-corrected chi connectivity index (χ1v) is 10.2. The molecule has 0 spiro atoms. The zero-order valence-corrected chi connectivity index (χ0v) is 17.1. The van der Waals surface area contributed by atoms with Gasteiger partial charge >= 0.3 is 6.03 Å². The van der Waals surface area contributed by atoms with Gasteiger partial charge in [0.05, 0.1) is 7.11 Å². The molecule has 1 aromatic heterocycles. The molecule has 29 heavy (non-hydrogen) atoms. The summed E-state index contributed by atoms with van der Waals surface area (Å²) in [5.41, 5.74) is 1.72. The van der Waals surface area contributed by atoms with Crippen LogP contribution in [0.3, 0.4) is 0 Å². The Morgan fingerprint density at radius 3 is 2.48 bits per heavy atom. The maximum absolute atomic E-state index is 12.6. The summed E-state index contributed by atoms with van der Waals surface area (Å²) in [7, 11) is 1.62. The van der Waals surface area contributed by atoms with Gasteiger partial charge in [0.2, 0.25) is 5.95 Å². The zero-order chi connectivity index (χ0) is 20.2. The molecule has 8 nitrogen and oxygen atoms in total. The summed E-state index contributed by atoms with van der Waals surface area (Å²) in [6.07, 6.45) is 2.40. The topological polar surface area (TPSA) is 73.8 Å². The van der Waals surface area contributed by atoms with Crippen molar-refractivity contribution in [2.75, 3.05) is 61.5 Å². The third-order valence-corrected chi connectivity index (χ3v) is 5.43. The number of piperazine rings is 1. The Bertz CT molecular complexity index is 860. The molecule has 0 radical (unpaired) electrons. The van der Waals surface area contributed by atoms with Crippen LogP contribution in [-0.4, -0.2) is 67.3 Å². The molecule has 0 saturated carbocycles. The summed E-state index contributed by atoms with van der Waals surface area (Å²) < 4.78 is 5.21. The molecule has 154 valence electrons. The fourth-order valence-corrected chi connectivity index (χ4v) is 3.80. The van der Waals surface area contributed by atoms with Crippen molar-refractivity contribution in [3.8, 4) is 5.75 Å². The van der Waals surface area contributed by atoms with Crippen LogP contribution in [0.15, 0.2) is 30.3 Å². The van der Waals surface area contributed by atoms with E-state index in [4.69, 9.17) is 9.72 Å². The molecular weight excluding hydrogens is 368 g/mol. The molecule has 1 N–H and O–H groups in total. The van der Waals surface area contributed by atoms with Crippen LogP contribution >= 0.6 is 0 Å². The number of ether oxygens (including phenoxy) is 1. The maximum Gasteiger partial charge on any atom is 0.321 e. The van der Waals surface area contributed by atoms with E-state index in [1.54, 1.807) is 7.11 Å². The van der Waals surface area contributed by atoms with Crippen molar-refractivity contribution < 1.29 is 9.53 Å². The van der Waals surface area contributed by atoms with Crippen molar-refractivity contribution in [2.24, 2.45) is 0 Å². The predicted octanol–water partition coefficient (Wildman–Crippen LogP) is 2.75. The third kappa shape index (κ3) is 4.52. The largest absolute Gasteiger partial charge is 0.497 e. The molecule has 2 aliphatic heterocycles. The minimum atomic E-state index is -0.0884. The molecule has 2 fully saturated rings. The Hall–Kier alpha value is -3.03. The van der Waals surface area contributed by atoms with Crippen molar-refractivity contribution >= 4 is 23.5 Å². The third-order valence-electron chi connectivity index (χ3n) is 5.43. The number of hydrogen-bond acceptors (Lipinski definition) is 6. The van der Waals surface area contributed by atoms with E-state index in [-0.39, 0.29) is 6.03 Å². The Morgan fingerprint density at radius 1 is 1.00 bits per heavy atom. The summed E-state index contributed by atoms with van der Waals surface area (Å²) in [6.45, 7) is 6.88. The number of anilines is 3. The van der Waals surface area contributed by atoms with Gasteiger partial charge in [-0.15, -0.1) is 0 Å². The Kier molecular flexibility index (Phi) is 5.69. The number of carbonyl (C=O) groups is 1. The second kappa shape index (κ2) is 8.55. The van der Waals surface area contributed by atoms with E-state index < -0.39 is 0 Å². The van der Waals surface area contributed by atoms with Gasteiger partial charge in [0.15, 0.2) is 0 Å². The van der Waals surface area contributed by atoms with Gasteiger partial charge in [0.1, 0.15) is 11.6 Å². The van der Waals surface area contributed by atoms with E-state index in [0.29, 0.717) is 13.1 Å². The fraction of sp³-hybridized carbons (Fsp3) is 0.476. The van der Waals surface area contributed by atoms with Crippen LogP contribution in [0.5, 0.6) is 5.75 Å². The molecule has 3 heterocycles. The molecule has 8 heteroatoms. The number of nitrogens with one attached hydrogen (secondary N) is 1. The van der Waals surface area contributed by atoms with Gasteiger partial charge in [-0.2, -0.15) is 4.98 Å². The van der Waals surface area contributed by atoms with E-state index in [0.717, 1.165) is 55.1 Å². The quantitative estimate of drug-likeness (QED) is 0.857. The van der Waals surface area contributed by atoms with Crippen LogP contribution in [0, 0.1) is 6.92 Å². The van der Waals surface area contributed by atoms with Crippen molar-refractivity contribution in [1.82, 2.24) is 14.9 Å². The van der Waals surface area contributed by atoms with Crippen molar-refractivity contribution in [3.63, 3.8) is 0 Å². The second-order valence-corrected chi connectivity index (χ2v) is 7.50. The highest BCUT2D eigenvalue weighted by molar-refractivity contribution is 5.89. The van der Waals surface area contributed by atoms with E-state index in [9.17, 15) is 4.79 Å². The maximum atomic E-state index is 12.6. The van der Waals surface area contributed by atoms with Crippen LogP contribution in [0.4, 0.5) is 22.2 Å². The molecule has 4 rings (SSSR count). The van der Waals surface area contributed by atoms with E-state index in [1.165, 1.54) is 12.8 Å². The lowest BCUT2D eigenvalue weighted by atomic mass is 10.3. The Balaban J connectivity index is 1.37. The van der Waals surface area contributed by atoms with Crippen LogP contribution in [0.2, 0.25) is 0 Å². The summed E-state index contributed by atoms with van der Waals surface area (Å²) >= 11 is 0. The molecule has 0 aliphatic carbocycles. The number of carbonyl (C=O) groups excluding carboxylic acids is 1. The van der Waals surface area contributed by atoms with Crippen LogP contribution < -0.4 is 19.9 Å². The van der Waals surface area contributed by atoms with Gasteiger partial charge in [0, 0.05) is 62.8 Å². The minimum absolute atomic E-state index is 0.0884. The van der Waals surface area contributed by atoms with Crippen molar-refractivity contribution in [3.05, 3.63) is 36.0 Å². The lowest BCUT2D eigenvalue weighted by Gasteiger charge is -2.35. The minimum Gasteiger partial charge on any atom is -0.497 e. The number of nitrogens with zero attached hydrogens (tertiary/aromatic N) is 5. The SMILES string of the molecule is COc1cccc(NC(=O)N2CCN(c3cc(C)nc(N4CCCC4)n3)CC2)c1. The first kappa shape index (κ1) is 19.3. The number of methoxy groups -OCH3 is 1. The lowest BCUT2D eigenvalue weighted by Crippen LogP contribution is -2.50. The van der Waals surface area contributed by atoms with Crippen LogP contribution in [-0.2, 0) is 0 Å². The standard InChI is InChI=1S/C21H28N6O2/c1-16-14-19(24-20(22-16)26-8-3-4-9-26)25-10-12-27(13-11-25)21(28)23-17-6-5-7-18(15-17)29-2/h5-7,14-15H,3-4,8-13H2,1-2H3,(H,23,28). The van der Waals surface area contributed by atoms with Crippen LogP contribution in [0.25, 0.3) is 0 Å². The summed E-state index contributed by atoms with van der Waals surface area (Å²) in [5, 5.41) is 2.95. The van der Waals surface area contributed by atoms with Gasteiger partial charge in [-0.05, 0) is 31.9 Å². The highest BCUT2D eigenvalue weighted by Gasteiger charge is 2.24. The Morgan fingerprint density at radius 2 is 1.76 bits per heavy atom. The van der Waals surface area contributed by atoms with E-state index in [2.05, 4.69) is 20.1 Å². The monoisotopic (exact) mass is 396 g/mol. The van der Waals surface area contributed by atoms with E-state index in [1.807, 2.05) is 42.2 Å². The molecule has 1 aromatic carbocycles. The van der Waals surface area contributed by atoms with Crippen LogP contribution in [0.1, 0.15) is 18.5 Å². The zero-order valence-electron chi connectivity index (χ0n) is 17.1. The molecule has 2 aromatic rings. The Labute approximate surface area is 171 Å². The summed E-state index contributed by atoms with van der Waals surface area (Å²) in [5.74, 6) is 2.50. The summed E-state index contributed by atoms with van der Waals surface area (Å²) in [4.78, 5) is 28.4. The number of amides is 2. The smallest absolute Gasteiger partial charge is 0.321 e. The number of benzene rings is 1. The molecule has 0 bridgehead atoms. The van der Waals surface area contributed by atoms with Crippen molar-refractivity contribution in [2.45, 2.75) is 19.8 Å². The number of aromatic nitrogens is 2. The van der Waals surface area contributed by atoms with Gasteiger partial charge < -0.3 is 24.8 Å².